The van der Waals surface area contributed by atoms with Crippen LogP contribution in [0.5, 0.6) is 5.75 Å². The van der Waals surface area contributed by atoms with E-state index in [1.165, 1.54) is 23.0 Å². The van der Waals surface area contributed by atoms with Crippen LogP contribution in [0.2, 0.25) is 5.02 Å². The second-order valence-electron chi connectivity index (χ2n) is 5.94. The van der Waals surface area contributed by atoms with Gasteiger partial charge in [0, 0.05) is 27.5 Å². The molecule has 10 heteroatoms. The van der Waals surface area contributed by atoms with Crippen molar-refractivity contribution < 1.29 is 9.66 Å². The molecule has 0 N–H and O–H groups in total. The van der Waals surface area contributed by atoms with Crippen LogP contribution in [-0.4, -0.2) is 27.4 Å². The van der Waals surface area contributed by atoms with E-state index >= 15 is 0 Å². The molecular formula is C19H16BrClN4O4. The van der Waals surface area contributed by atoms with Crippen molar-refractivity contribution in [1.82, 2.24) is 9.66 Å². The molecule has 8 nitrogen and oxygen atoms in total. The van der Waals surface area contributed by atoms with Crippen LogP contribution in [0.1, 0.15) is 25.2 Å². The number of ether oxygens (including phenoxy) is 1. The molecule has 0 aliphatic heterocycles. The highest BCUT2D eigenvalue weighted by molar-refractivity contribution is 9.10. The van der Waals surface area contributed by atoms with Gasteiger partial charge < -0.3 is 4.74 Å². The first-order valence-corrected chi connectivity index (χ1v) is 9.89. The third kappa shape index (κ3) is 4.30. The Morgan fingerprint density at radius 1 is 1.34 bits per heavy atom. The van der Waals surface area contributed by atoms with Gasteiger partial charge in [0.25, 0.3) is 5.56 Å². The molecule has 0 aliphatic rings. The van der Waals surface area contributed by atoms with Crippen LogP contribution in [-0.2, 0) is 6.42 Å². The van der Waals surface area contributed by atoms with Crippen molar-refractivity contribution in [3.8, 4) is 5.75 Å². The summed E-state index contributed by atoms with van der Waals surface area (Å²) in [5.74, 6) is 0.490. The van der Waals surface area contributed by atoms with Crippen LogP contribution in [0.4, 0.5) is 5.69 Å². The summed E-state index contributed by atoms with van der Waals surface area (Å²) in [5.41, 5.74) is 0.229. The van der Waals surface area contributed by atoms with Gasteiger partial charge in [0.1, 0.15) is 5.82 Å². The quantitative estimate of drug-likeness (QED) is 0.293. The molecule has 3 aromatic rings. The summed E-state index contributed by atoms with van der Waals surface area (Å²) < 4.78 is 7.37. The highest BCUT2D eigenvalue weighted by atomic mass is 79.9. The number of halogens is 2. The molecule has 0 amide bonds. The number of hydrogen-bond donors (Lipinski definition) is 0. The number of fused-ring (bicyclic) bond motifs is 1. The standard InChI is InChI=1S/C19H16BrClN4O4/c1-3-17-23-15-6-5-12(20)8-14(15)19(26)24(17)22-10-11-7-13(21)9-16(25(27)28)18(11)29-4-2/h5-10H,3-4H2,1-2H3. The molecular weight excluding hydrogens is 464 g/mol. The fraction of sp³-hybridized carbons (Fsp3) is 0.211. The summed E-state index contributed by atoms with van der Waals surface area (Å²) in [5, 5.41) is 16.2. The molecule has 0 fully saturated rings. The Morgan fingerprint density at radius 2 is 2.10 bits per heavy atom. The lowest BCUT2D eigenvalue weighted by Gasteiger charge is -2.10. The van der Waals surface area contributed by atoms with E-state index in [-0.39, 0.29) is 34.2 Å². The van der Waals surface area contributed by atoms with Gasteiger partial charge in [-0.3, -0.25) is 14.9 Å². The van der Waals surface area contributed by atoms with Gasteiger partial charge in [0.2, 0.25) is 5.75 Å². The van der Waals surface area contributed by atoms with Gasteiger partial charge in [-0.1, -0.05) is 34.5 Å². The van der Waals surface area contributed by atoms with E-state index in [2.05, 4.69) is 26.0 Å². The van der Waals surface area contributed by atoms with Gasteiger partial charge in [0.15, 0.2) is 0 Å². The fourth-order valence-electron chi connectivity index (χ4n) is 2.80. The maximum absolute atomic E-state index is 13.0. The molecule has 0 unspecified atom stereocenters. The molecule has 0 spiro atoms. The zero-order chi connectivity index (χ0) is 21.1. The normalized spacial score (nSPS) is 11.3. The number of nitro benzene ring substituents is 1. The summed E-state index contributed by atoms with van der Waals surface area (Å²) in [4.78, 5) is 28.2. The van der Waals surface area contributed by atoms with Crippen LogP contribution in [0.15, 0.2) is 44.7 Å². The number of benzene rings is 2. The first-order valence-electron chi connectivity index (χ1n) is 8.72. The Morgan fingerprint density at radius 3 is 2.76 bits per heavy atom. The zero-order valence-electron chi connectivity index (χ0n) is 15.6. The van der Waals surface area contributed by atoms with Crippen LogP contribution >= 0.6 is 27.5 Å². The molecule has 0 radical (unpaired) electrons. The average molecular weight is 480 g/mol. The van der Waals surface area contributed by atoms with Crippen molar-refractivity contribution in [2.75, 3.05) is 6.61 Å². The Labute approximate surface area is 179 Å². The van der Waals surface area contributed by atoms with Gasteiger partial charge >= 0.3 is 5.69 Å². The average Bonchev–Trinajstić information content (AvgIpc) is 2.68. The molecule has 29 heavy (non-hydrogen) atoms. The summed E-state index contributed by atoms with van der Waals surface area (Å²) in [7, 11) is 0. The minimum atomic E-state index is -0.576. The first kappa shape index (κ1) is 20.9. The van der Waals surface area contributed by atoms with E-state index in [1.54, 1.807) is 25.1 Å². The number of aromatic nitrogens is 2. The highest BCUT2D eigenvalue weighted by Gasteiger charge is 2.20. The molecule has 150 valence electrons. The van der Waals surface area contributed by atoms with Crippen molar-refractivity contribution in [3.05, 3.63) is 71.7 Å². The Kier molecular flexibility index (Phi) is 6.29. The smallest absolute Gasteiger partial charge is 0.313 e. The zero-order valence-corrected chi connectivity index (χ0v) is 17.9. The molecule has 0 atom stereocenters. The van der Waals surface area contributed by atoms with Crippen molar-refractivity contribution in [2.24, 2.45) is 5.10 Å². The Bertz CT molecular complexity index is 1190. The molecule has 3 rings (SSSR count). The fourth-order valence-corrected chi connectivity index (χ4v) is 3.38. The first-order chi connectivity index (χ1) is 13.8. The maximum atomic E-state index is 13.0. The van der Waals surface area contributed by atoms with Gasteiger partial charge in [-0.15, -0.1) is 0 Å². The second-order valence-corrected chi connectivity index (χ2v) is 7.29. The van der Waals surface area contributed by atoms with Gasteiger partial charge in [-0.2, -0.15) is 9.78 Å². The summed E-state index contributed by atoms with van der Waals surface area (Å²) >= 11 is 9.37. The number of nitrogens with zero attached hydrogens (tertiary/aromatic N) is 4. The van der Waals surface area contributed by atoms with E-state index in [0.717, 1.165) is 4.47 Å². The molecule has 2 aromatic carbocycles. The van der Waals surface area contributed by atoms with Crippen LogP contribution in [0, 0.1) is 10.1 Å². The van der Waals surface area contributed by atoms with Crippen molar-refractivity contribution >= 4 is 50.3 Å². The molecule has 1 heterocycles. The van der Waals surface area contributed by atoms with E-state index in [0.29, 0.717) is 23.1 Å². The minimum absolute atomic E-state index is 0.0354. The lowest BCUT2D eigenvalue weighted by atomic mass is 10.2. The van der Waals surface area contributed by atoms with E-state index in [4.69, 9.17) is 16.3 Å². The Balaban J connectivity index is 2.20. The van der Waals surface area contributed by atoms with Crippen LogP contribution in [0.25, 0.3) is 10.9 Å². The highest BCUT2D eigenvalue weighted by Crippen LogP contribution is 2.33. The third-order valence-corrected chi connectivity index (χ3v) is 4.76. The number of aryl methyl sites for hydroxylation is 1. The summed E-state index contributed by atoms with van der Waals surface area (Å²) in [6.45, 7) is 3.79. The Hall–Kier alpha value is -2.78. The number of nitro groups is 1. The van der Waals surface area contributed by atoms with Crippen molar-refractivity contribution in [1.29, 1.82) is 0 Å². The monoisotopic (exact) mass is 478 g/mol. The lowest BCUT2D eigenvalue weighted by molar-refractivity contribution is -0.385. The van der Waals surface area contributed by atoms with Crippen LogP contribution < -0.4 is 10.3 Å². The van der Waals surface area contributed by atoms with E-state index < -0.39 is 4.92 Å². The van der Waals surface area contributed by atoms with Gasteiger partial charge in [0.05, 0.1) is 28.6 Å². The summed E-state index contributed by atoms with van der Waals surface area (Å²) in [6.07, 6.45) is 1.78. The van der Waals surface area contributed by atoms with Crippen molar-refractivity contribution in [3.63, 3.8) is 0 Å². The predicted octanol–water partition coefficient (Wildman–Crippen LogP) is 4.56. The molecule has 1 aromatic heterocycles. The number of rotatable bonds is 6. The largest absolute Gasteiger partial charge is 0.487 e. The topological polar surface area (TPSA) is 99.6 Å². The van der Waals surface area contributed by atoms with E-state index in [9.17, 15) is 14.9 Å². The van der Waals surface area contributed by atoms with Crippen molar-refractivity contribution in [2.45, 2.75) is 20.3 Å². The SMILES string of the molecule is CCOc1c(C=Nn2c(CC)nc3ccc(Br)cc3c2=O)cc(Cl)cc1[N+](=O)[O-]. The molecule has 0 saturated carbocycles. The summed E-state index contributed by atoms with van der Waals surface area (Å²) in [6, 6.07) is 7.93. The van der Waals surface area contributed by atoms with Gasteiger partial charge in [-0.25, -0.2) is 4.98 Å². The predicted molar refractivity (Wildman–Crippen MR) is 115 cm³/mol. The number of hydrogen-bond acceptors (Lipinski definition) is 6. The third-order valence-electron chi connectivity index (χ3n) is 4.05. The molecule has 0 aliphatic carbocycles. The lowest BCUT2D eigenvalue weighted by Crippen LogP contribution is -2.22. The van der Waals surface area contributed by atoms with E-state index in [1.807, 2.05) is 6.92 Å². The minimum Gasteiger partial charge on any atom is -0.487 e. The molecule has 0 saturated heterocycles. The second kappa shape index (κ2) is 8.71. The van der Waals surface area contributed by atoms with Gasteiger partial charge in [-0.05, 0) is 31.2 Å². The van der Waals surface area contributed by atoms with Crippen LogP contribution in [0.3, 0.4) is 0 Å². The maximum Gasteiger partial charge on any atom is 0.313 e. The molecule has 0 bridgehead atoms.